The van der Waals surface area contributed by atoms with Crippen LogP contribution in [0.3, 0.4) is 0 Å². The molecule has 0 saturated carbocycles. The Kier molecular flexibility index (Phi) is 7.42. The Balaban J connectivity index is 1.43. The van der Waals surface area contributed by atoms with Gasteiger partial charge < -0.3 is 25.6 Å². The number of hydrogen-bond donors (Lipinski definition) is 4. The van der Waals surface area contributed by atoms with Crippen molar-refractivity contribution in [2.75, 3.05) is 13.2 Å². The number of nitrogens with one attached hydrogen (secondary N) is 2. The van der Waals surface area contributed by atoms with Gasteiger partial charge in [-0.25, -0.2) is 9.59 Å². The van der Waals surface area contributed by atoms with Crippen LogP contribution in [0.4, 0.5) is 4.79 Å². The number of fused-ring (bicyclic) bond motifs is 3. The van der Waals surface area contributed by atoms with Crippen molar-refractivity contribution in [2.45, 2.75) is 24.5 Å². The number of hydrogen-bond acceptors (Lipinski definition) is 5. The van der Waals surface area contributed by atoms with Gasteiger partial charge in [-0.15, -0.1) is 0 Å². The van der Waals surface area contributed by atoms with E-state index in [1.54, 1.807) is 0 Å². The van der Waals surface area contributed by atoms with E-state index in [1.165, 1.54) is 0 Å². The molecule has 0 fully saturated rings. The zero-order valence-electron chi connectivity index (χ0n) is 18.9. The number of rotatable bonds is 9. The van der Waals surface area contributed by atoms with E-state index in [0.717, 1.165) is 27.8 Å². The molecule has 35 heavy (non-hydrogen) atoms. The van der Waals surface area contributed by atoms with Crippen molar-refractivity contribution in [2.24, 2.45) is 0 Å². The molecule has 0 aliphatic heterocycles. The maximum atomic E-state index is 12.7. The van der Waals surface area contributed by atoms with Crippen molar-refractivity contribution in [3.05, 3.63) is 95.6 Å². The summed E-state index contributed by atoms with van der Waals surface area (Å²) in [5.41, 5.74) is 5.15. The number of alkyl carbamates (subject to hydrolysis) is 1. The first-order valence-electron chi connectivity index (χ1n) is 11.3. The van der Waals surface area contributed by atoms with Gasteiger partial charge in [-0.1, -0.05) is 78.9 Å². The Morgan fingerprint density at radius 3 is 2.03 bits per heavy atom. The molecule has 8 heteroatoms. The summed E-state index contributed by atoms with van der Waals surface area (Å²) in [6.07, 6.45) is -2.34. The molecular weight excluding hydrogens is 448 g/mol. The molecule has 3 aromatic carbocycles. The number of aliphatic carboxylic acids is 1. The third-order valence-electron chi connectivity index (χ3n) is 5.99. The molecule has 0 bridgehead atoms. The average molecular weight is 475 g/mol. The molecule has 180 valence electrons. The van der Waals surface area contributed by atoms with Crippen LogP contribution < -0.4 is 10.6 Å². The topological polar surface area (TPSA) is 125 Å². The molecule has 0 aromatic heterocycles. The van der Waals surface area contributed by atoms with Gasteiger partial charge in [0.1, 0.15) is 12.6 Å². The zero-order chi connectivity index (χ0) is 24.8. The lowest BCUT2D eigenvalue weighted by Crippen LogP contribution is -2.50. The summed E-state index contributed by atoms with van der Waals surface area (Å²) in [6.45, 7) is -0.386. The number of aliphatic hydroxyl groups excluding tert-OH is 1. The summed E-state index contributed by atoms with van der Waals surface area (Å²) < 4.78 is 5.55. The highest BCUT2D eigenvalue weighted by Gasteiger charge is 2.30. The molecule has 1 unspecified atom stereocenters. The summed E-state index contributed by atoms with van der Waals surface area (Å²) in [5, 5.41) is 23.3. The van der Waals surface area contributed by atoms with Gasteiger partial charge in [-0.3, -0.25) is 4.79 Å². The van der Waals surface area contributed by atoms with Crippen LogP contribution in [-0.4, -0.2) is 53.5 Å². The third-order valence-corrected chi connectivity index (χ3v) is 5.99. The monoisotopic (exact) mass is 474 g/mol. The fourth-order valence-electron chi connectivity index (χ4n) is 4.25. The summed E-state index contributed by atoms with van der Waals surface area (Å²) in [7, 11) is 0. The van der Waals surface area contributed by atoms with Crippen molar-refractivity contribution < 1.29 is 29.3 Å². The SMILES string of the molecule is O=C(N[C@@H](Cc1ccccc1)C(=O)NCC(O)C(=O)O)OCC1c2ccccc2-c2ccccc21. The van der Waals surface area contributed by atoms with E-state index in [9.17, 15) is 19.5 Å². The lowest BCUT2D eigenvalue weighted by Gasteiger charge is -2.20. The maximum absolute atomic E-state index is 12.7. The molecule has 1 aliphatic carbocycles. The van der Waals surface area contributed by atoms with Crippen molar-refractivity contribution in [1.82, 2.24) is 10.6 Å². The molecule has 8 nitrogen and oxygen atoms in total. The number of aliphatic hydroxyl groups is 1. The summed E-state index contributed by atoms with van der Waals surface area (Å²) >= 11 is 0. The van der Waals surface area contributed by atoms with E-state index >= 15 is 0 Å². The molecule has 0 radical (unpaired) electrons. The van der Waals surface area contributed by atoms with Crippen molar-refractivity contribution in [3.8, 4) is 11.1 Å². The van der Waals surface area contributed by atoms with E-state index < -0.39 is 36.7 Å². The number of carboxylic acid groups (broad SMARTS) is 1. The van der Waals surface area contributed by atoms with Crippen molar-refractivity contribution in [3.63, 3.8) is 0 Å². The van der Waals surface area contributed by atoms with Crippen LogP contribution in [-0.2, 0) is 20.7 Å². The fourth-order valence-corrected chi connectivity index (χ4v) is 4.25. The standard InChI is InChI=1S/C27H26N2O6/c30-24(26(32)33)15-28-25(31)23(14-17-8-2-1-3-9-17)29-27(34)35-16-22-20-12-6-4-10-18(20)19-11-5-7-13-21(19)22/h1-13,22-24,30H,14-16H2,(H,28,31)(H,29,34)(H,32,33)/t23-,24?/m0/s1. The van der Waals surface area contributed by atoms with Crippen LogP contribution in [0.25, 0.3) is 11.1 Å². The Hall–Kier alpha value is -4.17. The van der Waals surface area contributed by atoms with Crippen LogP contribution in [0, 0.1) is 0 Å². The normalized spacial score (nSPS) is 13.7. The van der Waals surface area contributed by atoms with Crippen LogP contribution in [0.1, 0.15) is 22.6 Å². The van der Waals surface area contributed by atoms with Gasteiger partial charge in [0, 0.05) is 12.3 Å². The Labute approximate surface area is 202 Å². The Bertz CT molecular complexity index is 1170. The first-order valence-corrected chi connectivity index (χ1v) is 11.3. The van der Waals surface area contributed by atoms with Crippen molar-refractivity contribution in [1.29, 1.82) is 0 Å². The second-order valence-electron chi connectivity index (χ2n) is 8.31. The Morgan fingerprint density at radius 2 is 1.43 bits per heavy atom. The van der Waals surface area contributed by atoms with Gasteiger partial charge in [-0.2, -0.15) is 0 Å². The number of carboxylic acids is 1. The van der Waals surface area contributed by atoms with Crippen LogP contribution in [0.2, 0.25) is 0 Å². The van der Waals surface area contributed by atoms with Gasteiger partial charge >= 0.3 is 12.1 Å². The lowest BCUT2D eigenvalue weighted by molar-refractivity contribution is -0.146. The summed E-state index contributed by atoms with van der Waals surface area (Å²) in [5.74, 6) is -2.20. The van der Waals surface area contributed by atoms with E-state index in [0.29, 0.717) is 0 Å². The molecule has 4 N–H and O–H groups in total. The molecule has 3 aromatic rings. The molecule has 1 aliphatic rings. The predicted octanol–water partition coefficient (Wildman–Crippen LogP) is 2.70. The molecule has 0 heterocycles. The van der Waals surface area contributed by atoms with E-state index in [4.69, 9.17) is 9.84 Å². The summed E-state index contributed by atoms with van der Waals surface area (Å²) in [4.78, 5) is 36.3. The number of carbonyl (C=O) groups excluding carboxylic acids is 2. The van der Waals surface area contributed by atoms with Crippen LogP contribution >= 0.6 is 0 Å². The average Bonchev–Trinajstić information content (AvgIpc) is 3.19. The molecular formula is C27H26N2O6. The largest absolute Gasteiger partial charge is 0.479 e. The van der Waals surface area contributed by atoms with Gasteiger partial charge in [0.15, 0.2) is 6.10 Å². The minimum Gasteiger partial charge on any atom is -0.479 e. The van der Waals surface area contributed by atoms with E-state index in [1.807, 2.05) is 78.9 Å². The highest BCUT2D eigenvalue weighted by atomic mass is 16.5. The molecule has 0 saturated heterocycles. The van der Waals surface area contributed by atoms with E-state index in [-0.39, 0.29) is 18.9 Å². The fraction of sp³-hybridized carbons (Fsp3) is 0.222. The highest BCUT2D eigenvalue weighted by Crippen LogP contribution is 2.44. The quantitative estimate of drug-likeness (QED) is 0.378. The minimum atomic E-state index is -1.74. The van der Waals surface area contributed by atoms with Gasteiger partial charge in [-0.05, 0) is 27.8 Å². The minimum absolute atomic E-state index is 0.0945. The van der Waals surface area contributed by atoms with Crippen molar-refractivity contribution >= 4 is 18.0 Å². The van der Waals surface area contributed by atoms with Gasteiger partial charge in [0.2, 0.25) is 5.91 Å². The van der Waals surface area contributed by atoms with Gasteiger partial charge in [0.25, 0.3) is 0 Å². The summed E-state index contributed by atoms with van der Waals surface area (Å²) in [6, 6.07) is 24.0. The third kappa shape index (κ3) is 5.67. The molecule has 0 spiro atoms. The zero-order valence-corrected chi connectivity index (χ0v) is 18.9. The molecule has 4 rings (SSSR count). The first-order chi connectivity index (χ1) is 16.9. The predicted molar refractivity (Wildman–Crippen MR) is 129 cm³/mol. The number of ether oxygens (including phenoxy) is 1. The molecule has 2 amide bonds. The van der Waals surface area contributed by atoms with E-state index in [2.05, 4.69) is 10.6 Å². The van der Waals surface area contributed by atoms with Crippen LogP contribution in [0.5, 0.6) is 0 Å². The lowest BCUT2D eigenvalue weighted by atomic mass is 9.98. The number of carbonyl (C=O) groups is 3. The number of amides is 2. The maximum Gasteiger partial charge on any atom is 0.407 e. The second-order valence-corrected chi connectivity index (χ2v) is 8.31. The molecule has 2 atom stereocenters. The smallest absolute Gasteiger partial charge is 0.407 e. The van der Waals surface area contributed by atoms with Crippen LogP contribution in [0.15, 0.2) is 78.9 Å². The Morgan fingerprint density at radius 1 is 0.857 bits per heavy atom. The highest BCUT2D eigenvalue weighted by molar-refractivity contribution is 5.86. The second kappa shape index (κ2) is 10.8. The van der Waals surface area contributed by atoms with Gasteiger partial charge in [0.05, 0.1) is 6.54 Å². The number of benzene rings is 3. The first kappa shape index (κ1) is 24.0.